The molecule has 35 heavy (non-hydrogen) atoms. The van der Waals surface area contributed by atoms with Crippen LogP contribution in [0.5, 0.6) is 0 Å². The van der Waals surface area contributed by atoms with Gasteiger partial charge in [-0.1, -0.05) is 62.4 Å². The molecule has 7 nitrogen and oxygen atoms in total. The average Bonchev–Trinajstić information content (AvgIpc) is 3.13. The van der Waals surface area contributed by atoms with E-state index in [0.29, 0.717) is 6.42 Å². The molecule has 0 aromatic heterocycles. The van der Waals surface area contributed by atoms with Crippen molar-refractivity contribution < 1.29 is 33.0 Å². The van der Waals surface area contributed by atoms with E-state index in [2.05, 4.69) is 10.6 Å². The Morgan fingerprint density at radius 3 is 2.03 bits per heavy atom. The highest BCUT2D eigenvalue weighted by Crippen LogP contribution is 2.44. The van der Waals surface area contributed by atoms with Crippen molar-refractivity contribution in [2.45, 2.75) is 57.5 Å². The van der Waals surface area contributed by atoms with Crippen molar-refractivity contribution in [2.24, 2.45) is 5.92 Å². The number of fused-ring (bicyclic) bond motifs is 3. The van der Waals surface area contributed by atoms with Crippen molar-refractivity contribution in [1.29, 1.82) is 0 Å². The fourth-order valence-corrected chi connectivity index (χ4v) is 4.23. The van der Waals surface area contributed by atoms with Crippen LogP contribution in [0.3, 0.4) is 0 Å². The van der Waals surface area contributed by atoms with Gasteiger partial charge in [-0.05, 0) is 41.0 Å². The first kappa shape index (κ1) is 26.1. The van der Waals surface area contributed by atoms with E-state index in [1.807, 2.05) is 62.4 Å². The predicted molar refractivity (Wildman–Crippen MR) is 126 cm³/mol. The van der Waals surface area contributed by atoms with Gasteiger partial charge < -0.3 is 20.5 Å². The minimum Gasteiger partial charge on any atom is -0.481 e. The van der Waals surface area contributed by atoms with Gasteiger partial charge in [0, 0.05) is 5.92 Å². The Morgan fingerprint density at radius 2 is 1.51 bits per heavy atom. The molecular formula is C26H30F2N2O5. The minimum absolute atomic E-state index is 0.0387. The molecule has 2 aromatic carbocycles. The van der Waals surface area contributed by atoms with Crippen LogP contribution in [0.4, 0.5) is 13.6 Å². The zero-order chi connectivity index (χ0) is 25.5. The van der Waals surface area contributed by atoms with E-state index >= 15 is 0 Å². The second-order valence-corrected chi connectivity index (χ2v) is 9.04. The summed E-state index contributed by atoms with van der Waals surface area (Å²) in [5.74, 6) is -2.31. The van der Waals surface area contributed by atoms with Crippen LogP contribution in [0.15, 0.2) is 48.5 Å². The van der Waals surface area contributed by atoms with Crippen molar-refractivity contribution in [3.8, 4) is 11.1 Å². The predicted octanol–water partition coefficient (Wildman–Crippen LogP) is 4.55. The number of alkyl halides is 2. The molecule has 0 heterocycles. The quantitative estimate of drug-likeness (QED) is 0.430. The summed E-state index contributed by atoms with van der Waals surface area (Å²) in [6.07, 6.45) is -4.10. The first-order valence-corrected chi connectivity index (χ1v) is 11.6. The Kier molecular flexibility index (Phi) is 8.78. The third kappa shape index (κ3) is 6.77. The number of hydrogen-bond donors (Lipinski definition) is 3. The van der Waals surface area contributed by atoms with Crippen LogP contribution in [-0.2, 0) is 14.3 Å². The zero-order valence-electron chi connectivity index (χ0n) is 19.7. The van der Waals surface area contributed by atoms with Crippen molar-refractivity contribution in [3.05, 3.63) is 59.7 Å². The van der Waals surface area contributed by atoms with Crippen LogP contribution < -0.4 is 10.6 Å². The second-order valence-electron chi connectivity index (χ2n) is 9.04. The van der Waals surface area contributed by atoms with Gasteiger partial charge in [0.05, 0.1) is 6.42 Å². The number of benzene rings is 2. The number of carbonyl (C=O) groups is 3. The van der Waals surface area contributed by atoms with Crippen molar-refractivity contribution in [2.75, 3.05) is 6.61 Å². The molecule has 0 aliphatic heterocycles. The number of carbonyl (C=O) groups excluding carboxylic acids is 2. The van der Waals surface area contributed by atoms with Crippen molar-refractivity contribution >= 4 is 18.0 Å². The number of amides is 2. The third-order valence-corrected chi connectivity index (χ3v) is 6.01. The number of halogens is 2. The first-order valence-electron chi connectivity index (χ1n) is 11.6. The molecule has 0 spiro atoms. The summed E-state index contributed by atoms with van der Waals surface area (Å²) in [5, 5.41) is 13.4. The van der Waals surface area contributed by atoms with E-state index in [0.717, 1.165) is 22.3 Å². The number of alkyl carbamates (subject to hydrolysis) is 1. The van der Waals surface area contributed by atoms with E-state index in [4.69, 9.17) is 9.84 Å². The number of rotatable bonds is 11. The maximum atomic E-state index is 13.2. The standard InChI is InChI=1S/C26H30F2N2O5/c1-15(2)11-12-21(25(33)29-22(24(27)28)13-23(31)32)30-26(34)35-14-20-18-9-5-3-7-16(18)17-8-4-6-10-19(17)20/h3-10,15,20-22,24H,11-14H2,1-2H3,(H,29,33)(H,30,34)(H,31,32). The van der Waals surface area contributed by atoms with E-state index in [1.54, 1.807) is 0 Å². The van der Waals surface area contributed by atoms with Gasteiger partial charge in [0.25, 0.3) is 6.43 Å². The number of nitrogens with one attached hydrogen (secondary N) is 2. The maximum Gasteiger partial charge on any atom is 0.407 e. The molecule has 0 bridgehead atoms. The van der Waals surface area contributed by atoms with E-state index in [1.165, 1.54) is 0 Å². The van der Waals surface area contributed by atoms with Crippen molar-refractivity contribution in [1.82, 2.24) is 10.6 Å². The molecular weight excluding hydrogens is 458 g/mol. The monoisotopic (exact) mass is 488 g/mol. The lowest BCUT2D eigenvalue weighted by molar-refractivity contribution is -0.139. The number of aliphatic carboxylic acids is 1. The molecule has 3 rings (SSSR count). The highest BCUT2D eigenvalue weighted by Gasteiger charge is 2.31. The normalized spacial score (nSPS) is 14.2. The van der Waals surface area contributed by atoms with Crippen molar-refractivity contribution in [3.63, 3.8) is 0 Å². The third-order valence-electron chi connectivity index (χ3n) is 6.01. The zero-order valence-corrected chi connectivity index (χ0v) is 19.7. The Morgan fingerprint density at radius 1 is 0.943 bits per heavy atom. The number of hydrogen-bond acceptors (Lipinski definition) is 4. The van der Waals surface area contributed by atoms with Gasteiger partial charge in [-0.2, -0.15) is 0 Å². The minimum atomic E-state index is -3.06. The molecule has 2 atom stereocenters. The summed E-state index contributed by atoms with van der Waals surface area (Å²) < 4.78 is 31.9. The molecule has 0 radical (unpaired) electrons. The summed E-state index contributed by atoms with van der Waals surface area (Å²) in [7, 11) is 0. The molecule has 9 heteroatoms. The lowest BCUT2D eigenvalue weighted by Gasteiger charge is -2.23. The number of ether oxygens (including phenoxy) is 1. The Bertz CT molecular complexity index is 1010. The highest BCUT2D eigenvalue weighted by atomic mass is 19.3. The molecule has 0 saturated carbocycles. The smallest absolute Gasteiger partial charge is 0.407 e. The number of carboxylic acids is 1. The summed E-state index contributed by atoms with van der Waals surface area (Å²) in [6.45, 7) is 3.89. The first-order chi connectivity index (χ1) is 16.7. The second kappa shape index (κ2) is 11.8. The van der Waals surface area contributed by atoms with Gasteiger partial charge in [0.1, 0.15) is 18.7 Å². The molecule has 3 N–H and O–H groups in total. The summed E-state index contributed by atoms with van der Waals surface area (Å²) in [4.78, 5) is 36.2. The van der Waals surface area contributed by atoms with Crippen LogP contribution >= 0.6 is 0 Å². The molecule has 0 saturated heterocycles. The fraction of sp³-hybridized carbons (Fsp3) is 0.423. The maximum absolute atomic E-state index is 13.2. The van der Waals surface area contributed by atoms with Crippen LogP contribution in [0, 0.1) is 5.92 Å². The van der Waals surface area contributed by atoms with Crippen LogP contribution in [0.2, 0.25) is 0 Å². The molecule has 1 aliphatic carbocycles. The summed E-state index contributed by atoms with van der Waals surface area (Å²) in [6, 6.07) is 12.7. The highest BCUT2D eigenvalue weighted by molar-refractivity contribution is 5.86. The van der Waals surface area contributed by atoms with Gasteiger partial charge in [0.2, 0.25) is 5.91 Å². The largest absolute Gasteiger partial charge is 0.481 e. The molecule has 1 aliphatic rings. The van der Waals surface area contributed by atoms with E-state index in [9.17, 15) is 23.2 Å². The topological polar surface area (TPSA) is 105 Å². The lowest BCUT2D eigenvalue weighted by atomic mass is 9.98. The molecule has 188 valence electrons. The molecule has 2 unspecified atom stereocenters. The average molecular weight is 489 g/mol. The van der Waals surface area contributed by atoms with Gasteiger partial charge in [-0.25, -0.2) is 13.6 Å². The van der Waals surface area contributed by atoms with E-state index in [-0.39, 0.29) is 24.9 Å². The Balaban J connectivity index is 1.67. The van der Waals surface area contributed by atoms with Gasteiger partial charge in [0.15, 0.2) is 0 Å². The van der Waals surface area contributed by atoms with Crippen LogP contribution in [0.1, 0.15) is 50.2 Å². The summed E-state index contributed by atoms with van der Waals surface area (Å²) in [5.41, 5.74) is 4.21. The van der Waals surface area contributed by atoms with E-state index < -0.39 is 42.9 Å². The van der Waals surface area contributed by atoms with Crippen LogP contribution in [0.25, 0.3) is 11.1 Å². The molecule has 2 amide bonds. The Hall–Kier alpha value is -3.49. The summed E-state index contributed by atoms with van der Waals surface area (Å²) >= 11 is 0. The fourth-order valence-electron chi connectivity index (χ4n) is 4.23. The Labute approximate surface area is 202 Å². The van der Waals surface area contributed by atoms with Gasteiger partial charge >= 0.3 is 12.1 Å². The molecule has 0 fully saturated rings. The SMILES string of the molecule is CC(C)CCC(NC(=O)OCC1c2ccccc2-c2ccccc21)C(=O)NC(CC(=O)O)C(F)F. The number of carboxylic acid groups (broad SMARTS) is 1. The lowest BCUT2D eigenvalue weighted by Crippen LogP contribution is -2.52. The van der Waals surface area contributed by atoms with Crippen LogP contribution in [-0.4, -0.2) is 48.2 Å². The van der Waals surface area contributed by atoms with Gasteiger partial charge in [-0.3, -0.25) is 9.59 Å². The molecule has 2 aromatic rings. The van der Waals surface area contributed by atoms with Gasteiger partial charge in [-0.15, -0.1) is 0 Å².